The van der Waals surface area contributed by atoms with Gasteiger partial charge in [-0.1, -0.05) is 12.1 Å². The van der Waals surface area contributed by atoms with Crippen molar-refractivity contribution in [1.29, 1.82) is 0 Å². The molecule has 0 aliphatic rings. The summed E-state index contributed by atoms with van der Waals surface area (Å²) in [6.07, 6.45) is 0. The van der Waals surface area contributed by atoms with Crippen molar-refractivity contribution in [2.24, 2.45) is 0 Å². The Bertz CT molecular complexity index is 597. The van der Waals surface area contributed by atoms with Gasteiger partial charge >= 0.3 is 11.9 Å². The molecule has 0 unspecified atom stereocenters. The quantitative estimate of drug-likeness (QED) is 0.840. The molecular formula is C11H8O4S. The van der Waals surface area contributed by atoms with Crippen LogP contribution in [-0.2, 0) is 0 Å². The maximum Gasteiger partial charge on any atom is 0.346 e. The first kappa shape index (κ1) is 10.6. The predicted molar refractivity (Wildman–Crippen MR) is 60.5 cm³/mol. The van der Waals surface area contributed by atoms with Gasteiger partial charge in [-0.3, -0.25) is 0 Å². The van der Waals surface area contributed by atoms with E-state index < -0.39 is 11.9 Å². The average Bonchev–Trinajstić information content (AvgIpc) is 2.58. The van der Waals surface area contributed by atoms with E-state index in [1.165, 1.54) is 0 Å². The van der Waals surface area contributed by atoms with Crippen molar-refractivity contribution < 1.29 is 19.8 Å². The van der Waals surface area contributed by atoms with Crippen molar-refractivity contribution in [2.45, 2.75) is 6.92 Å². The number of fused-ring (bicyclic) bond motifs is 1. The Morgan fingerprint density at radius 1 is 1.19 bits per heavy atom. The summed E-state index contributed by atoms with van der Waals surface area (Å²) in [4.78, 5) is 21.9. The first-order chi connectivity index (χ1) is 7.52. The molecule has 2 N–H and O–H groups in total. The zero-order valence-electron chi connectivity index (χ0n) is 8.35. The lowest BCUT2D eigenvalue weighted by Gasteiger charge is -1.98. The molecule has 0 amide bonds. The van der Waals surface area contributed by atoms with E-state index in [1.54, 1.807) is 25.1 Å². The number of carbonyl (C=O) groups is 2. The first-order valence-electron chi connectivity index (χ1n) is 4.51. The van der Waals surface area contributed by atoms with Crippen LogP contribution in [-0.4, -0.2) is 22.2 Å². The Balaban J connectivity index is 2.94. The fourth-order valence-corrected chi connectivity index (χ4v) is 2.79. The van der Waals surface area contributed by atoms with Crippen LogP contribution in [0.15, 0.2) is 18.2 Å². The lowest BCUT2D eigenvalue weighted by atomic mass is 10.1. The van der Waals surface area contributed by atoms with Crippen LogP contribution in [0.2, 0.25) is 0 Å². The van der Waals surface area contributed by atoms with Crippen LogP contribution in [0, 0.1) is 6.92 Å². The van der Waals surface area contributed by atoms with Gasteiger partial charge in [-0.25, -0.2) is 9.59 Å². The van der Waals surface area contributed by atoms with Gasteiger partial charge in [0.25, 0.3) is 0 Å². The summed E-state index contributed by atoms with van der Waals surface area (Å²) < 4.78 is 0.690. The molecule has 2 aromatic rings. The maximum absolute atomic E-state index is 11.1. The number of aryl methyl sites for hydroxylation is 1. The number of carboxylic acid groups (broad SMARTS) is 2. The Hall–Kier alpha value is -1.88. The molecule has 0 aliphatic heterocycles. The van der Waals surface area contributed by atoms with Gasteiger partial charge in [0.05, 0.1) is 5.56 Å². The normalized spacial score (nSPS) is 10.6. The SMILES string of the molecule is Cc1cccc2sc(C(=O)O)c(C(=O)O)c12. The number of hydrogen-bond acceptors (Lipinski definition) is 3. The summed E-state index contributed by atoms with van der Waals surface area (Å²) in [7, 11) is 0. The van der Waals surface area contributed by atoms with E-state index in [9.17, 15) is 9.59 Å². The van der Waals surface area contributed by atoms with Crippen molar-refractivity contribution in [3.63, 3.8) is 0 Å². The number of aromatic carboxylic acids is 2. The zero-order valence-corrected chi connectivity index (χ0v) is 9.17. The van der Waals surface area contributed by atoms with E-state index in [2.05, 4.69) is 0 Å². The van der Waals surface area contributed by atoms with Gasteiger partial charge in [0.2, 0.25) is 0 Å². The van der Waals surface area contributed by atoms with Crippen LogP contribution in [0.25, 0.3) is 10.1 Å². The minimum absolute atomic E-state index is 0.106. The molecule has 0 saturated carbocycles. The van der Waals surface area contributed by atoms with E-state index in [-0.39, 0.29) is 10.4 Å². The highest BCUT2D eigenvalue weighted by atomic mass is 32.1. The Morgan fingerprint density at radius 2 is 1.88 bits per heavy atom. The van der Waals surface area contributed by atoms with Gasteiger partial charge in [0, 0.05) is 10.1 Å². The third-order valence-electron chi connectivity index (χ3n) is 2.33. The second kappa shape index (κ2) is 3.61. The molecule has 2 rings (SSSR count). The molecule has 0 atom stereocenters. The largest absolute Gasteiger partial charge is 0.478 e. The average molecular weight is 236 g/mol. The van der Waals surface area contributed by atoms with Gasteiger partial charge in [0.15, 0.2) is 0 Å². The zero-order chi connectivity index (χ0) is 11.9. The molecule has 5 heteroatoms. The van der Waals surface area contributed by atoms with E-state index in [0.29, 0.717) is 10.1 Å². The molecule has 0 aliphatic carbocycles. The van der Waals surface area contributed by atoms with Crippen molar-refractivity contribution in [3.8, 4) is 0 Å². The molecule has 0 bridgehead atoms. The molecule has 1 heterocycles. The summed E-state index contributed by atoms with van der Waals surface area (Å²) >= 11 is 0.994. The number of rotatable bonds is 2. The van der Waals surface area contributed by atoms with Crippen molar-refractivity contribution in [3.05, 3.63) is 34.2 Å². The second-order valence-corrected chi connectivity index (χ2v) is 4.42. The van der Waals surface area contributed by atoms with Crippen LogP contribution in [0.5, 0.6) is 0 Å². The molecule has 1 aromatic heterocycles. The summed E-state index contributed by atoms with van der Waals surface area (Å²) in [5, 5.41) is 18.5. The maximum atomic E-state index is 11.1. The van der Waals surface area contributed by atoms with E-state index in [4.69, 9.17) is 10.2 Å². The lowest BCUT2D eigenvalue weighted by Crippen LogP contribution is -2.04. The molecule has 16 heavy (non-hydrogen) atoms. The molecule has 0 spiro atoms. The van der Waals surface area contributed by atoms with Crippen LogP contribution < -0.4 is 0 Å². The first-order valence-corrected chi connectivity index (χ1v) is 5.32. The molecular weight excluding hydrogens is 228 g/mol. The van der Waals surface area contributed by atoms with E-state index >= 15 is 0 Å². The summed E-state index contributed by atoms with van der Waals surface area (Å²) in [6, 6.07) is 5.28. The van der Waals surface area contributed by atoms with Crippen molar-refractivity contribution in [2.75, 3.05) is 0 Å². The third kappa shape index (κ3) is 1.45. The van der Waals surface area contributed by atoms with Gasteiger partial charge in [-0.05, 0) is 18.6 Å². The van der Waals surface area contributed by atoms with Crippen LogP contribution in [0.4, 0.5) is 0 Å². The van der Waals surface area contributed by atoms with Crippen LogP contribution >= 0.6 is 11.3 Å². The predicted octanol–water partition coefficient (Wildman–Crippen LogP) is 2.61. The fraction of sp³-hybridized carbons (Fsp3) is 0.0909. The summed E-state index contributed by atoms with van der Waals surface area (Å²) in [5.74, 6) is -2.39. The molecule has 0 fully saturated rings. The molecule has 4 nitrogen and oxygen atoms in total. The molecule has 0 saturated heterocycles. The minimum Gasteiger partial charge on any atom is -0.478 e. The van der Waals surface area contributed by atoms with Crippen LogP contribution in [0.1, 0.15) is 25.6 Å². The Kier molecular flexibility index (Phi) is 2.40. The number of hydrogen-bond donors (Lipinski definition) is 2. The lowest BCUT2D eigenvalue weighted by molar-refractivity contribution is 0.0657. The molecule has 1 aromatic carbocycles. The van der Waals surface area contributed by atoms with Gasteiger partial charge in [-0.15, -0.1) is 11.3 Å². The van der Waals surface area contributed by atoms with Gasteiger partial charge in [-0.2, -0.15) is 0 Å². The van der Waals surface area contributed by atoms with E-state index in [0.717, 1.165) is 16.9 Å². The second-order valence-electron chi connectivity index (χ2n) is 3.36. The van der Waals surface area contributed by atoms with Crippen LogP contribution in [0.3, 0.4) is 0 Å². The highest BCUT2D eigenvalue weighted by Crippen LogP contribution is 2.33. The van der Waals surface area contributed by atoms with Gasteiger partial charge in [0.1, 0.15) is 4.88 Å². The van der Waals surface area contributed by atoms with Gasteiger partial charge < -0.3 is 10.2 Å². The number of carboxylic acids is 2. The smallest absolute Gasteiger partial charge is 0.346 e. The number of thiophene rings is 1. The topological polar surface area (TPSA) is 74.6 Å². The molecule has 82 valence electrons. The summed E-state index contributed by atoms with van der Waals surface area (Å²) in [6.45, 7) is 1.77. The third-order valence-corrected chi connectivity index (χ3v) is 3.47. The number of benzene rings is 1. The Morgan fingerprint density at radius 3 is 2.44 bits per heavy atom. The van der Waals surface area contributed by atoms with Crippen molar-refractivity contribution in [1.82, 2.24) is 0 Å². The Labute approximate surface area is 94.8 Å². The molecule has 0 radical (unpaired) electrons. The highest BCUT2D eigenvalue weighted by molar-refractivity contribution is 7.21. The fourth-order valence-electron chi connectivity index (χ4n) is 1.68. The minimum atomic E-state index is -1.20. The van der Waals surface area contributed by atoms with E-state index in [1.807, 2.05) is 0 Å². The highest BCUT2D eigenvalue weighted by Gasteiger charge is 2.23. The monoisotopic (exact) mass is 236 g/mol. The van der Waals surface area contributed by atoms with Crippen molar-refractivity contribution >= 4 is 33.4 Å². The standard InChI is InChI=1S/C11H8O4S/c1-5-3-2-4-6-7(5)8(10(12)13)9(16-6)11(14)15/h2-4H,1H3,(H,12,13)(H,14,15). The summed E-state index contributed by atoms with van der Waals surface area (Å²) in [5.41, 5.74) is 0.671.